The second-order valence-electron chi connectivity index (χ2n) is 2.29. The maximum atomic E-state index is 11.0. The first-order chi connectivity index (χ1) is 5.48. The molecular formula is C6H12O5S. The van der Waals surface area contributed by atoms with Gasteiger partial charge in [-0.3, -0.25) is 4.79 Å². The number of methoxy groups -OCH3 is 1. The van der Waals surface area contributed by atoms with E-state index < -0.39 is 15.8 Å². The summed E-state index contributed by atoms with van der Waals surface area (Å²) in [6, 6.07) is 0. The summed E-state index contributed by atoms with van der Waals surface area (Å²) in [6.45, 7) is 0.113. The number of aliphatic carboxylic acids is 1. The molecule has 5 nitrogen and oxygen atoms in total. The van der Waals surface area contributed by atoms with Crippen molar-refractivity contribution in [3.8, 4) is 0 Å². The smallest absolute Gasteiger partial charge is 0.304 e. The molecule has 0 aromatic rings. The van der Waals surface area contributed by atoms with E-state index in [1.807, 2.05) is 0 Å². The fourth-order valence-corrected chi connectivity index (χ4v) is 1.67. The third-order valence-electron chi connectivity index (χ3n) is 1.23. The van der Waals surface area contributed by atoms with E-state index in [1.165, 1.54) is 7.11 Å². The molecule has 0 aliphatic carbocycles. The number of hydrogen-bond donors (Lipinski definition) is 1. The molecule has 0 aromatic carbocycles. The molecule has 0 saturated heterocycles. The Morgan fingerprint density at radius 1 is 1.42 bits per heavy atom. The zero-order valence-electron chi connectivity index (χ0n) is 6.82. The number of rotatable bonds is 6. The number of carboxylic acid groups (broad SMARTS) is 1. The van der Waals surface area contributed by atoms with E-state index in [-0.39, 0.29) is 24.5 Å². The molecule has 0 radical (unpaired) electrons. The van der Waals surface area contributed by atoms with E-state index in [0.29, 0.717) is 0 Å². The second kappa shape index (κ2) is 5.10. The van der Waals surface area contributed by atoms with Crippen LogP contribution >= 0.6 is 0 Å². The van der Waals surface area contributed by atoms with Crippen molar-refractivity contribution >= 4 is 15.8 Å². The Kier molecular flexibility index (Phi) is 4.84. The number of carboxylic acids is 1. The SMILES string of the molecule is COCCS(=O)(=O)CCC(=O)O. The molecule has 0 saturated carbocycles. The molecule has 0 aromatic heterocycles. The number of ether oxygens (including phenoxy) is 1. The second-order valence-corrected chi connectivity index (χ2v) is 4.59. The zero-order valence-corrected chi connectivity index (χ0v) is 7.63. The van der Waals surface area contributed by atoms with Crippen LogP contribution in [0.5, 0.6) is 0 Å². The van der Waals surface area contributed by atoms with Crippen LogP contribution in [0.1, 0.15) is 6.42 Å². The van der Waals surface area contributed by atoms with Crippen LogP contribution < -0.4 is 0 Å². The summed E-state index contributed by atoms with van der Waals surface area (Å²) in [5.41, 5.74) is 0. The molecule has 0 aliphatic heterocycles. The molecule has 0 fully saturated rings. The molecule has 6 heteroatoms. The molecule has 0 rings (SSSR count). The van der Waals surface area contributed by atoms with Crippen molar-refractivity contribution in [3.63, 3.8) is 0 Å². The van der Waals surface area contributed by atoms with Crippen molar-refractivity contribution in [2.24, 2.45) is 0 Å². The van der Waals surface area contributed by atoms with E-state index in [4.69, 9.17) is 5.11 Å². The first-order valence-electron chi connectivity index (χ1n) is 3.39. The third kappa shape index (κ3) is 6.11. The minimum Gasteiger partial charge on any atom is -0.481 e. The van der Waals surface area contributed by atoms with Gasteiger partial charge < -0.3 is 9.84 Å². The summed E-state index contributed by atoms with van der Waals surface area (Å²) in [4.78, 5) is 10.0. The molecule has 0 unspecified atom stereocenters. The fourth-order valence-electron chi connectivity index (χ4n) is 0.555. The van der Waals surface area contributed by atoms with Gasteiger partial charge in [0.2, 0.25) is 0 Å². The Hall–Kier alpha value is -0.620. The van der Waals surface area contributed by atoms with Gasteiger partial charge >= 0.3 is 5.97 Å². The van der Waals surface area contributed by atoms with E-state index in [0.717, 1.165) is 0 Å². The molecule has 0 atom stereocenters. The van der Waals surface area contributed by atoms with Gasteiger partial charge in [-0.05, 0) is 0 Å². The highest BCUT2D eigenvalue weighted by Crippen LogP contribution is 1.94. The summed E-state index contributed by atoms with van der Waals surface area (Å²) in [5, 5.41) is 8.21. The van der Waals surface area contributed by atoms with Crippen molar-refractivity contribution in [1.82, 2.24) is 0 Å². The van der Waals surface area contributed by atoms with Crippen LogP contribution in [-0.2, 0) is 19.4 Å². The van der Waals surface area contributed by atoms with Crippen LogP contribution in [-0.4, -0.2) is 44.7 Å². The lowest BCUT2D eigenvalue weighted by Gasteiger charge is -2.00. The monoisotopic (exact) mass is 196 g/mol. The minimum absolute atomic E-state index is 0.113. The summed E-state index contributed by atoms with van der Waals surface area (Å²) < 4.78 is 26.5. The van der Waals surface area contributed by atoms with Gasteiger partial charge in [0, 0.05) is 7.11 Å². The maximum absolute atomic E-state index is 11.0. The lowest BCUT2D eigenvalue weighted by molar-refractivity contribution is -0.136. The summed E-state index contributed by atoms with van der Waals surface area (Å²) in [7, 11) is -1.85. The molecule has 12 heavy (non-hydrogen) atoms. The van der Waals surface area contributed by atoms with Crippen LogP contribution in [0.25, 0.3) is 0 Å². The predicted octanol–water partition coefficient (Wildman–Crippen LogP) is -0.478. The molecule has 72 valence electrons. The molecule has 0 bridgehead atoms. The average Bonchev–Trinajstić information content (AvgIpc) is 1.98. The van der Waals surface area contributed by atoms with E-state index in [9.17, 15) is 13.2 Å². The Labute approximate surface area is 71.3 Å². The first-order valence-corrected chi connectivity index (χ1v) is 5.21. The number of sulfone groups is 1. The van der Waals surface area contributed by atoms with Crippen LogP contribution in [0.4, 0.5) is 0 Å². The minimum atomic E-state index is -3.24. The number of hydrogen-bond acceptors (Lipinski definition) is 4. The standard InChI is InChI=1S/C6H12O5S/c1-11-3-5-12(9,10)4-2-6(7)8/h2-5H2,1H3,(H,7,8). The highest BCUT2D eigenvalue weighted by molar-refractivity contribution is 7.91. The highest BCUT2D eigenvalue weighted by Gasteiger charge is 2.12. The first kappa shape index (κ1) is 11.4. The van der Waals surface area contributed by atoms with Gasteiger partial charge in [-0.15, -0.1) is 0 Å². The summed E-state index contributed by atoms with van der Waals surface area (Å²) in [6.07, 6.45) is -0.341. The molecule has 0 heterocycles. The van der Waals surface area contributed by atoms with Gasteiger partial charge in [-0.25, -0.2) is 8.42 Å². The van der Waals surface area contributed by atoms with Crippen molar-refractivity contribution < 1.29 is 23.1 Å². The van der Waals surface area contributed by atoms with Gasteiger partial charge in [0.1, 0.15) is 0 Å². The Morgan fingerprint density at radius 2 is 2.00 bits per heavy atom. The van der Waals surface area contributed by atoms with E-state index in [2.05, 4.69) is 4.74 Å². The third-order valence-corrected chi connectivity index (χ3v) is 2.84. The van der Waals surface area contributed by atoms with Gasteiger partial charge in [-0.2, -0.15) is 0 Å². The molecule has 0 spiro atoms. The van der Waals surface area contributed by atoms with Crippen molar-refractivity contribution in [2.45, 2.75) is 6.42 Å². The Balaban J connectivity index is 3.80. The fraction of sp³-hybridized carbons (Fsp3) is 0.833. The maximum Gasteiger partial charge on any atom is 0.304 e. The number of carbonyl (C=O) groups is 1. The van der Waals surface area contributed by atoms with Crippen LogP contribution in [0.3, 0.4) is 0 Å². The largest absolute Gasteiger partial charge is 0.481 e. The Bertz CT molecular complexity index is 230. The topological polar surface area (TPSA) is 80.7 Å². The Morgan fingerprint density at radius 3 is 2.42 bits per heavy atom. The molecule has 0 aliphatic rings. The lowest BCUT2D eigenvalue weighted by atomic mass is 10.5. The lowest BCUT2D eigenvalue weighted by Crippen LogP contribution is -2.17. The van der Waals surface area contributed by atoms with Crippen molar-refractivity contribution in [2.75, 3.05) is 25.2 Å². The van der Waals surface area contributed by atoms with Crippen molar-refractivity contribution in [3.05, 3.63) is 0 Å². The zero-order chi connectivity index (χ0) is 9.61. The van der Waals surface area contributed by atoms with Gasteiger partial charge in [0.25, 0.3) is 0 Å². The molecular weight excluding hydrogens is 184 g/mol. The predicted molar refractivity (Wildman–Crippen MR) is 42.8 cm³/mol. The van der Waals surface area contributed by atoms with E-state index >= 15 is 0 Å². The average molecular weight is 196 g/mol. The highest BCUT2D eigenvalue weighted by atomic mass is 32.2. The molecule has 1 N–H and O–H groups in total. The van der Waals surface area contributed by atoms with Crippen LogP contribution in [0.2, 0.25) is 0 Å². The summed E-state index contributed by atoms with van der Waals surface area (Å²) >= 11 is 0. The quantitative estimate of drug-likeness (QED) is 0.620. The molecule has 0 amide bonds. The van der Waals surface area contributed by atoms with Crippen LogP contribution in [0, 0.1) is 0 Å². The normalized spacial score (nSPS) is 11.4. The van der Waals surface area contributed by atoms with Gasteiger partial charge in [0.15, 0.2) is 9.84 Å². The van der Waals surface area contributed by atoms with Crippen LogP contribution in [0.15, 0.2) is 0 Å². The van der Waals surface area contributed by atoms with Gasteiger partial charge in [0.05, 0.1) is 24.5 Å². The van der Waals surface area contributed by atoms with E-state index in [1.54, 1.807) is 0 Å². The van der Waals surface area contributed by atoms with Gasteiger partial charge in [-0.1, -0.05) is 0 Å². The van der Waals surface area contributed by atoms with Crippen molar-refractivity contribution in [1.29, 1.82) is 0 Å². The summed E-state index contributed by atoms with van der Waals surface area (Å²) in [5.74, 6) is -1.53.